The maximum absolute atomic E-state index is 11.9. The normalized spacial score (nSPS) is 18.1. The summed E-state index contributed by atoms with van der Waals surface area (Å²) in [6, 6.07) is 5.64. The number of nitrogens with one attached hydrogen (secondary N) is 1. The maximum Gasteiger partial charge on any atom is 0.272 e. The van der Waals surface area contributed by atoms with Crippen molar-refractivity contribution in [3.63, 3.8) is 0 Å². The zero-order valence-electron chi connectivity index (χ0n) is 11.3. The average molecular weight is 269 g/mol. The summed E-state index contributed by atoms with van der Waals surface area (Å²) in [4.78, 5) is 21.1. The van der Waals surface area contributed by atoms with Crippen LogP contribution in [0.3, 0.4) is 0 Å². The lowest BCUT2D eigenvalue weighted by atomic mass is 10.1. The van der Waals surface area contributed by atoms with Crippen molar-refractivity contribution in [3.8, 4) is 0 Å². The van der Waals surface area contributed by atoms with Gasteiger partial charge in [0.1, 0.15) is 5.84 Å². The molecule has 1 N–H and O–H groups in total. The summed E-state index contributed by atoms with van der Waals surface area (Å²) in [6.45, 7) is 5.84. The average Bonchev–Trinajstić information content (AvgIpc) is 2.49. The van der Waals surface area contributed by atoms with Gasteiger partial charge in [0.25, 0.3) is 5.56 Å². The fourth-order valence-corrected chi connectivity index (χ4v) is 2.94. The lowest BCUT2D eigenvalue weighted by Crippen LogP contribution is -2.51. The molecule has 0 bridgehead atoms. The number of fused-ring (bicyclic) bond motifs is 2. The van der Waals surface area contributed by atoms with Gasteiger partial charge < -0.3 is 4.90 Å². The fourth-order valence-electron chi connectivity index (χ4n) is 2.94. The molecule has 2 aliphatic heterocycles. The molecule has 0 aliphatic carbocycles. The Morgan fingerprint density at radius 1 is 1.35 bits per heavy atom. The van der Waals surface area contributed by atoms with Gasteiger partial charge >= 0.3 is 0 Å². The summed E-state index contributed by atoms with van der Waals surface area (Å²) in [5.41, 5.74) is 0.691. The summed E-state index contributed by atoms with van der Waals surface area (Å²) < 4.78 is 0. The number of aromatic nitrogens is 2. The molecule has 1 fully saturated rings. The van der Waals surface area contributed by atoms with E-state index < -0.39 is 0 Å². The summed E-state index contributed by atoms with van der Waals surface area (Å²) in [6.07, 6.45) is 0. The van der Waals surface area contributed by atoms with Crippen molar-refractivity contribution in [3.05, 3.63) is 28.6 Å². The Labute approximate surface area is 115 Å². The predicted molar refractivity (Wildman–Crippen MR) is 78.9 cm³/mol. The van der Waals surface area contributed by atoms with Crippen LogP contribution in [0.5, 0.6) is 0 Å². The number of anilines is 1. The molecule has 2 aliphatic rings. The van der Waals surface area contributed by atoms with E-state index in [2.05, 4.69) is 26.9 Å². The number of aromatic amines is 1. The minimum Gasteiger partial charge on any atom is -0.310 e. The van der Waals surface area contributed by atoms with E-state index in [1.165, 1.54) is 0 Å². The molecule has 6 heteroatoms. The molecular formula is C14H15N5O. The van der Waals surface area contributed by atoms with Crippen molar-refractivity contribution in [2.24, 2.45) is 4.99 Å². The molecule has 102 valence electrons. The number of aliphatic imine (C=N–C) groups is 1. The second kappa shape index (κ2) is 4.14. The van der Waals surface area contributed by atoms with E-state index in [4.69, 9.17) is 4.99 Å². The zero-order valence-corrected chi connectivity index (χ0v) is 11.3. The van der Waals surface area contributed by atoms with E-state index in [0.717, 1.165) is 48.9 Å². The van der Waals surface area contributed by atoms with Crippen LogP contribution >= 0.6 is 0 Å². The van der Waals surface area contributed by atoms with Gasteiger partial charge in [-0.15, -0.1) is 0 Å². The van der Waals surface area contributed by atoms with Gasteiger partial charge in [-0.25, -0.2) is 10.1 Å². The molecule has 1 aromatic heterocycles. The van der Waals surface area contributed by atoms with Crippen LogP contribution in [0.15, 0.2) is 28.0 Å². The Balaban J connectivity index is 1.97. The molecule has 6 nitrogen and oxygen atoms in total. The van der Waals surface area contributed by atoms with E-state index in [1.807, 2.05) is 18.2 Å². The largest absolute Gasteiger partial charge is 0.310 e. The second-order valence-corrected chi connectivity index (χ2v) is 5.12. The molecule has 0 spiro atoms. The Hall–Kier alpha value is -2.21. The SMILES string of the molecule is CCN1CCN2C(=Nc3cccc4c(=O)[nH]nc2c34)C1. The van der Waals surface area contributed by atoms with Crippen molar-refractivity contribution >= 4 is 28.1 Å². The number of hydrogen-bond acceptors (Lipinski definition) is 5. The minimum absolute atomic E-state index is 0.156. The number of amidine groups is 1. The summed E-state index contributed by atoms with van der Waals surface area (Å²) >= 11 is 0. The minimum atomic E-state index is -0.156. The van der Waals surface area contributed by atoms with Crippen LogP contribution in [0.4, 0.5) is 11.5 Å². The van der Waals surface area contributed by atoms with Crippen molar-refractivity contribution in [2.75, 3.05) is 31.1 Å². The van der Waals surface area contributed by atoms with E-state index >= 15 is 0 Å². The molecule has 4 rings (SSSR count). The highest BCUT2D eigenvalue weighted by atomic mass is 16.1. The van der Waals surface area contributed by atoms with Crippen LogP contribution in [0.25, 0.3) is 10.8 Å². The maximum atomic E-state index is 11.9. The van der Waals surface area contributed by atoms with E-state index in [9.17, 15) is 4.79 Å². The first-order chi connectivity index (χ1) is 9.78. The molecule has 0 radical (unpaired) electrons. The van der Waals surface area contributed by atoms with Crippen molar-refractivity contribution < 1.29 is 0 Å². The first kappa shape index (κ1) is 11.6. The Morgan fingerprint density at radius 2 is 2.25 bits per heavy atom. The van der Waals surface area contributed by atoms with Gasteiger partial charge in [-0.05, 0) is 18.7 Å². The topological polar surface area (TPSA) is 64.6 Å². The molecule has 1 aromatic carbocycles. The number of rotatable bonds is 1. The number of nitrogens with zero attached hydrogens (tertiary/aromatic N) is 4. The van der Waals surface area contributed by atoms with Crippen LogP contribution in [0.2, 0.25) is 0 Å². The third-order valence-electron chi connectivity index (χ3n) is 4.04. The second-order valence-electron chi connectivity index (χ2n) is 5.12. The predicted octanol–water partition coefficient (Wildman–Crippen LogP) is 1.11. The van der Waals surface area contributed by atoms with Crippen LogP contribution in [-0.4, -0.2) is 47.1 Å². The highest BCUT2D eigenvalue weighted by Gasteiger charge is 2.29. The van der Waals surface area contributed by atoms with Gasteiger partial charge in [-0.2, -0.15) is 5.10 Å². The fraction of sp³-hybridized carbons (Fsp3) is 0.357. The first-order valence-electron chi connectivity index (χ1n) is 6.87. The Bertz CT molecular complexity index is 779. The molecule has 2 aromatic rings. The molecule has 0 atom stereocenters. The number of piperazine rings is 1. The van der Waals surface area contributed by atoms with Gasteiger partial charge in [0.2, 0.25) is 0 Å². The summed E-state index contributed by atoms with van der Waals surface area (Å²) in [7, 11) is 0. The quantitative estimate of drug-likeness (QED) is 0.842. The highest BCUT2D eigenvalue weighted by molar-refractivity contribution is 6.14. The molecule has 0 saturated carbocycles. The van der Waals surface area contributed by atoms with Gasteiger partial charge in [0.05, 0.1) is 23.0 Å². The lowest BCUT2D eigenvalue weighted by Gasteiger charge is -2.37. The third kappa shape index (κ3) is 1.51. The zero-order chi connectivity index (χ0) is 13.7. The van der Waals surface area contributed by atoms with Gasteiger partial charge in [0.15, 0.2) is 5.82 Å². The van der Waals surface area contributed by atoms with Crippen LogP contribution in [0, 0.1) is 0 Å². The summed E-state index contributed by atoms with van der Waals surface area (Å²) in [5, 5.41) is 8.38. The van der Waals surface area contributed by atoms with Crippen molar-refractivity contribution in [2.45, 2.75) is 6.92 Å². The molecule has 3 heterocycles. The van der Waals surface area contributed by atoms with Crippen LogP contribution < -0.4 is 10.5 Å². The Morgan fingerprint density at radius 3 is 3.10 bits per heavy atom. The van der Waals surface area contributed by atoms with E-state index in [1.54, 1.807) is 0 Å². The van der Waals surface area contributed by atoms with Crippen molar-refractivity contribution in [1.82, 2.24) is 15.1 Å². The smallest absolute Gasteiger partial charge is 0.272 e. The lowest BCUT2D eigenvalue weighted by molar-refractivity contribution is 0.320. The number of likely N-dealkylation sites (N-methyl/N-ethyl adjacent to an activating group) is 1. The van der Waals surface area contributed by atoms with Gasteiger partial charge in [-0.1, -0.05) is 13.0 Å². The molecule has 1 saturated heterocycles. The molecule has 0 unspecified atom stereocenters. The first-order valence-corrected chi connectivity index (χ1v) is 6.87. The monoisotopic (exact) mass is 269 g/mol. The van der Waals surface area contributed by atoms with E-state index in [0.29, 0.717) is 5.39 Å². The molecular weight excluding hydrogens is 254 g/mol. The summed E-state index contributed by atoms with van der Waals surface area (Å²) in [5.74, 6) is 1.84. The highest BCUT2D eigenvalue weighted by Crippen LogP contribution is 2.36. The van der Waals surface area contributed by atoms with E-state index in [-0.39, 0.29) is 5.56 Å². The van der Waals surface area contributed by atoms with Crippen molar-refractivity contribution in [1.29, 1.82) is 0 Å². The van der Waals surface area contributed by atoms with Gasteiger partial charge in [-0.3, -0.25) is 9.69 Å². The molecule has 0 amide bonds. The number of hydrogen-bond donors (Lipinski definition) is 1. The Kier molecular flexibility index (Phi) is 2.40. The number of benzene rings is 1. The van der Waals surface area contributed by atoms with Crippen LogP contribution in [0.1, 0.15) is 6.92 Å². The number of H-pyrrole nitrogens is 1. The van der Waals surface area contributed by atoms with Crippen LogP contribution in [-0.2, 0) is 0 Å². The standard InChI is InChI=1S/C14H15N5O/c1-2-18-6-7-19-11(8-18)15-10-5-3-4-9-12(10)13(19)16-17-14(9)20/h3-5H,2,6-8H2,1H3,(H,17,20). The molecule has 20 heavy (non-hydrogen) atoms. The van der Waals surface area contributed by atoms with Gasteiger partial charge in [0, 0.05) is 13.1 Å². The third-order valence-corrected chi connectivity index (χ3v) is 4.04.